The number of imidazole rings is 1. The third-order valence-corrected chi connectivity index (χ3v) is 3.43. The number of aromatic nitrogens is 3. The van der Waals surface area contributed by atoms with E-state index in [0.717, 1.165) is 44.0 Å². The molecule has 1 saturated heterocycles. The van der Waals surface area contributed by atoms with E-state index in [0.29, 0.717) is 5.92 Å². The molecule has 0 unspecified atom stereocenters. The fourth-order valence-electron chi connectivity index (χ4n) is 2.42. The molecule has 1 aliphatic heterocycles. The first-order chi connectivity index (χ1) is 8.93. The first-order valence-corrected chi connectivity index (χ1v) is 6.43. The van der Waals surface area contributed by atoms with E-state index in [1.807, 2.05) is 18.5 Å². The topological polar surface area (TPSA) is 39.9 Å². The van der Waals surface area contributed by atoms with Crippen molar-refractivity contribution in [3.05, 3.63) is 36.9 Å². The van der Waals surface area contributed by atoms with Crippen LogP contribution in [0.1, 0.15) is 12.8 Å². The first kappa shape index (κ1) is 11.4. The number of hydrogen-bond donors (Lipinski definition) is 0. The zero-order chi connectivity index (χ0) is 12.2. The number of pyridine rings is 1. The van der Waals surface area contributed by atoms with Gasteiger partial charge in [-0.3, -0.25) is 4.98 Å². The highest BCUT2D eigenvalue weighted by atomic mass is 16.5. The maximum atomic E-state index is 5.40. The Hall–Kier alpha value is -1.68. The summed E-state index contributed by atoms with van der Waals surface area (Å²) < 4.78 is 7.63. The fourth-order valence-corrected chi connectivity index (χ4v) is 2.42. The highest BCUT2D eigenvalue weighted by Gasteiger charge is 2.16. The monoisotopic (exact) mass is 243 g/mol. The molecular formula is C14H17N3O. The Morgan fingerprint density at radius 1 is 1.28 bits per heavy atom. The Bertz CT molecular complexity index is 489. The summed E-state index contributed by atoms with van der Waals surface area (Å²) in [4.78, 5) is 8.60. The summed E-state index contributed by atoms with van der Waals surface area (Å²) in [7, 11) is 0. The second kappa shape index (κ2) is 5.31. The van der Waals surface area contributed by atoms with Gasteiger partial charge in [-0.15, -0.1) is 0 Å². The summed E-state index contributed by atoms with van der Waals surface area (Å²) >= 11 is 0. The summed E-state index contributed by atoms with van der Waals surface area (Å²) in [5, 5.41) is 0. The molecule has 0 amide bonds. The SMILES string of the molecule is c1cncc(-c2nccn2CC2CCOCC2)c1. The predicted molar refractivity (Wildman–Crippen MR) is 69.0 cm³/mol. The van der Waals surface area contributed by atoms with Crippen LogP contribution in [-0.2, 0) is 11.3 Å². The van der Waals surface area contributed by atoms with Gasteiger partial charge in [0.1, 0.15) is 5.82 Å². The molecular weight excluding hydrogens is 226 g/mol. The molecule has 1 aliphatic rings. The van der Waals surface area contributed by atoms with Gasteiger partial charge in [-0.1, -0.05) is 0 Å². The summed E-state index contributed by atoms with van der Waals surface area (Å²) in [5.74, 6) is 1.71. The second-order valence-corrected chi connectivity index (χ2v) is 4.70. The zero-order valence-corrected chi connectivity index (χ0v) is 10.3. The van der Waals surface area contributed by atoms with Gasteiger partial charge >= 0.3 is 0 Å². The maximum Gasteiger partial charge on any atom is 0.141 e. The predicted octanol–water partition coefficient (Wildman–Crippen LogP) is 2.37. The lowest BCUT2D eigenvalue weighted by molar-refractivity contribution is 0.0614. The molecule has 0 bridgehead atoms. The van der Waals surface area contributed by atoms with Crippen molar-refractivity contribution in [2.75, 3.05) is 13.2 Å². The van der Waals surface area contributed by atoms with Crippen molar-refractivity contribution in [2.45, 2.75) is 19.4 Å². The van der Waals surface area contributed by atoms with Gasteiger partial charge < -0.3 is 9.30 Å². The molecule has 0 aromatic carbocycles. The van der Waals surface area contributed by atoms with Gasteiger partial charge in [-0.2, -0.15) is 0 Å². The quantitative estimate of drug-likeness (QED) is 0.831. The van der Waals surface area contributed by atoms with E-state index in [-0.39, 0.29) is 0 Å². The molecule has 4 heteroatoms. The Kier molecular flexibility index (Phi) is 3.37. The molecule has 0 aliphatic carbocycles. The molecule has 0 atom stereocenters. The first-order valence-electron chi connectivity index (χ1n) is 6.43. The molecule has 2 aromatic rings. The van der Waals surface area contributed by atoms with Gasteiger partial charge in [-0.25, -0.2) is 4.98 Å². The third-order valence-electron chi connectivity index (χ3n) is 3.43. The summed E-state index contributed by atoms with van der Waals surface area (Å²) in [6.07, 6.45) is 9.85. The molecule has 3 heterocycles. The standard InChI is InChI=1S/C14H17N3O/c1-2-13(10-15-5-1)14-16-6-7-17(14)11-12-3-8-18-9-4-12/h1-2,5-7,10,12H,3-4,8-9,11H2. The van der Waals surface area contributed by atoms with Gasteiger partial charge in [0.2, 0.25) is 0 Å². The minimum absolute atomic E-state index is 0.698. The van der Waals surface area contributed by atoms with Crippen LogP contribution in [0, 0.1) is 5.92 Å². The lowest BCUT2D eigenvalue weighted by Gasteiger charge is -2.23. The van der Waals surface area contributed by atoms with Crippen LogP contribution in [0.2, 0.25) is 0 Å². The minimum atomic E-state index is 0.698. The number of rotatable bonds is 3. The van der Waals surface area contributed by atoms with Crippen LogP contribution >= 0.6 is 0 Å². The summed E-state index contributed by atoms with van der Waals surface area (Å²) in [6, 6.07) is 4.00. The van der Waals surface area contributed by atoms with Gasteiger partial charge in [-0.05, 0) is 30.9 Å². The summed E-state index contributed by atoms with van der Waals surface area (Å²) in [5.41, 5.74) is 1.08. The van der Waals surface area contributed by atoms with Crippen molar-refractivity contribution in [3.63, 3.8) is 0 Å². The van der Waals surface area contributed by atoms with Crippen molar-refractivity contribution >= 4 is 0 Å². The van der Waals surface area contributed by atoms with Crippen molar-refractivity contribution in [1.29, 1.82) is 0 Å². The molecule has 0 radical (unpaired) electrons. The van der Waals surface area contributed by atoms with Gasteiger partial charge in [0.25, 0.3) is 0 Å². The van der Waals surface area contributed by atoms with E-state index in [1.54, 1.807) is 6.20 Å². The molecule has 4 nitrogen and oxygen atoms in total. The Labute approximate surface area is 107 Å². The Morgan fingerprint density at radius 3 is 2.94 bits per heavy atom. The highest BCUT2D eigenvalue weighted by molar-refractivity contribution is 5.53. The van der Waals surface area contributed by atoms with E-state index in [1.165, 1.54) is 0 Å². The van der Waals surface area contributed by atoms with Crippen LogP contribution in [0.4, 0.5) is 0 Å². The van der Waals surface area contributed by atoms with Gasteiger partial charge in [0.15, 0.2) is 0 Å². The minimum Gasteiger partial charge on any atom is -0.381 e. The number of nitrogens with zero attached hydrogens (tertiary/aromatic N) is 3. The van der Waals surface area contributed by atoms with Crippen LogP contribution in [0.3, 0.4) is 0 Å². The number of hydrogen-bond acceptors (Lipinski definition) is 3. The van der Waals surface area contributed by atoms with Crippen LogP contribution in [0.25, 0.3) is 11.4 Å². The maximum absolute atomic E-state index is 5.40. The average Bonchev–Trinajstić information content (AvgIpc) is 2.89. The molecule has 94 valence electrons. The fraction of sp³-hybridized carbons (Fsp3) is 0.429. The van der Waals surface area contributed by atoms with Crippen LogP contribution < -0.4 is 0 Å². The van der Waals surface area contributed by atoms with E-state index >= 15 is 0 Å². The molecule has 0 N–H and O–H groups in total. The van der Waals surface area contributed by atoms with Crippen molar-refractivity contribution < 1.29 is 4.74 Å². The molecule has 3 rings (SSSR count). The van der Waals surface area contributed by atoms with Crippen molar-refractivity contribution in [3.8, 4) is 11.4 Å². The number of ether oxygens (including phenoxy) is 1. The largest absolute Gasteiger partial charge is 0.381 e. The van der Waals surface area contributed by atoms with E-state index in [9.17, 15) is 0 Å². The van der Waals surface area contributed by atoms with E-state index in [2.05, 4.69) is 26.8 Å². The third kappa shape index (κ3) is 2.43. The van der Waals surface area contributed by atoms with E-state index in [4.69, 9.17) is 4.74 Å². The molecule has 2 aromatic heterocycles. The van der Waals surface area contributed by atoms with Gasteiger partial charge in [0, 0.05) is 50.1 Å². The van der Waals surface area contributed by atoms with Crippen molar-refractivity contribution in [1.82, 2.24) is 14.5 Å². The summed E-state index contributed by atoms with van der Waals surface area (Å²) in [6.45, 7) is 2.80. The second-order valence-electron chi connectivity index (χ2n) is 4.70. The Balaban J connectivity index is 1.79. The van der Waals surface area contributed by atoms with E-state index < -0.39 is 0 Å². The Morgan fingerprint density at radius 2 is 2.17 bits per heavy atom. The van der Waals surface area contributed by atoms with Crippen LogP contribution in [0.5, 0.6) is 0 Å². The lowest BCUT2D eigenvalue weighted by Crippen LogP contribution is -2.20. The normalized spacial score (nSPS) is 16.9. The van der Waals surface area contributed by atoms with Crippen LogP contribution in [0.15, 0.2) is 36.9 Å². The van der Waals surface area contributed by atoms with Crippen LogP contribution in [-0.4, -0.2) is 27.7 Å². The van der Waals surface area contributed by atoms with Crippen molar-refractivity contribution in [2.24, 2.45) is 5.92 Å². The van der Waals surface area contributed by atoms with Gasteiger partial charge in [0.05, 0.1) is 0 Å². The molecule has 0 saturated carbocycles. The highest BCUT2D eigenvalue weighted by Crippen LogP contribution is 2.21. The molecule has 1 fully saturated rings. The molecule has 18 heavy (non-hydrogen) atoms. The smallest absolute Gasteiger partial charge is 0.141 e. The lowest BCUT2D eigenvalue weighted by atomic mass is 10.0. The molecule has 0 spiro atoms. The average molecular weight is 243 g/mol. The zero-order valence-electron chi connectivity index (χ0n) is 10.3.